The summed E-state index contributed by atoms with van der Waals surface area (Å²) in [6, 6.07) is 9.62. The van der Waals surface area contributed by atoms with E-state index in [4.69, 9.17) is 0 Å². The lowest BCUT2D eigenvalue weighted by Gasteiger charge is -2.67. The average Bonchev–Trinajstić information content (AvgIpc) is 2.65. The van der Waals surface area contributed by atoms with Crippen molar-refractivity contribution in [2.24, 2.45) is 16.2 Å². The summed E-state index contributed by atoms with van der Waals surface area (Å²) in [5, 5.41) is 0. The number of allylic oxidation sites excluding steroid dienone is 1. The molecule has 5 nitrogen and oxygen atoms in total. The van der Waals surface area contributed by atoms with Gasteiger partial charge in [-0.15, -0.1) is 0 Å². The zero-order valence-corrected chi connectivity index (χ0v) is 17.9. The third-order valence-corrected chi connectivity index (χ3v) is 7.23. The minimum atomic E-state index is -0.687. The predicted octanol–water partition coefficient (Wildman–Crippen LogP) is 4.06. The first kappa shape index (κ1) is 19.9. The number of hydrogen-bond acceptors (Lipinski definition) is 3. The Labute approximate surface area is 172 Å². The number of fused-ring (bicyclic) bond motifs is 2. The van der Waals surface area contributed by atoms with E-state index in [0.717, 1.165) is 5.56 Å². The van der Waals surface area contributed by atoms with Crippen molar-refractivity contribution in [1.29, 1.82) is 0 Å². The maximum atomic E-state index is 13.8. The second-order valence-electron chi connectivity index (χ2n) is 9.99. The van der Waals surface area contributed by atoms with Gasteiger partial charge in [0.25, 0.3) is 5.91 Å². The van der Waals surface area contributed by atoms with Crippen LogP contribution in [0, 0.1) is 16.2 Å². The minimum absolute atomic E-state index is 0.0491. The Morgan fingerprint density at radius 1 is 1.03 bits per heavy atom. The Hall–Kier alpha value is -2.43. The minimum Gasteiger partial charge on any atom is -0.314 e. The van der Waals surface area contributed by atoms with Gasteiger partial charge < -0.3 is 4.90 Å². The summed E-state index contributed by atoms with van der Waals surface area (Å²) in [5.74, 6) is -0.428. The van der Waals surface area contributed by atoms with E-state index < -0.39 is 17.0 Å². The van der Waals surface area contributed by atoms with Crippen LogP contribution in [0.5, 0.6) is 0 Å². The predicted molar refractivity (Wildman–Crippen MR) is 110 cm³/mol. The molecule has 0 radical (unpaired) electrons. The summed E-state index contributed by atoms with van der Waals surface area (Å²) >= 11 is 0. The Morgan fingerprint density at radius 3 is 2.21 bits per heavy atom. The lowest BCUT2D eigenvalue weighted by Crippen LogP contribution is -2.77. The fraction of sp³-hybridized carbons (Fsp3) is 0.542. The van der Waals surface area contributed by atoms with Gasteiger partial charge in [-0.3, -0.25) is 19.3 Å². The fourth-order valence-corrected chi connectivity index (χ4v) is 6.64. The van der Waals surface area contributed by atoms with Crippen molar-refractivity contribution >= 4 is 17.7 Å². The molecule has 0 unspecified atom stereocenters. The van der Waals surface area contributed by atoms with Gasteiger partial charge in [0, 0.05) is 16.2 Å². The number of rotatable bonds is 3. The molecule has 0 spiro atoms. The van der Waals surface area contributed by atoms with Gasteiger partial charge >= 0.3 is 0 Å². The number of hydrogen-bond donors (Lipinski definition) is 0. The molecule has 1 aromatic carbocycles. The van der Waals surface area contributed by atoms with Crippen molar-refractivity contribution in [2.75, 3.05) is 0 Å². The highest BCUT2D eigenvalue weighted by atomic mass is 16.2. The Balaban J connectivity index is 1.91. The Kier molecular flexibility index (Phi) is 4.30. The molecule has 1 aliphatic carbocycles. The summed E-state index contributed by atoms with van der Waals surface area (Å²) in [6.45, 7) is 9.85. The third-order valence-electron chi connectivity index (χ3n) is 7.23. The SMILES string of the molecule is C/C=C/C(=O)N1C(=O)[C@]2(C)C[C@@]3(C)C[C@](C)(C2)[C@H]1N([C@@H](C)c1ccccc1)C3=O. The summed E-state index contributed by atoms with van der Waals surface area (Å²) in [5.41, 5.74) is -0.601. The first-order valence-corrected chi connectivity index (χ1v) is 10.4. The van der Waals surface area contributed by atoms with Crippen LogP contribution in [0.3, 0.4) is 0 Å². The van der Waals surface area contributed by atoms with Crippen molar-refractivity contribution in [2.45, 2.75) is 66.1 Å². The second-order valence-corrected chi connectivity index (χ2v) is 9.99. The molecule has 3 bridgehead atoms. The number of amides is 3. The van der Waals surface area contributed by atoms with Crippen molar-refractivity contribution in [3.8, 4) is 0 Å². The van der Waals surface area contributed by atoms with Crippen LogP contribution in [-0.2, 0) is 14.4 Å². The quantitative estimate of drug-likeness (QED) is 0.727. The maximum absolute atomic E-state index is 13.8. The summed E-state index contributed by atoms with van der Waals surface area (Å²) in [4.78, 5) is 43.7. The zero-order chi connectivity index (χ0) is 21.2. The van der Waals surface area contributed by atoms with Gasteiger partial charge in [0.05, 0.1) is 6.04 Å². The Bertz CT molecular complexity index is 906. The van der Waals surface area contributed by atoms with E-state index in [1.807, 2.05) is 56.0 Å². The standard InChI is InChI=1S/C24H30N2O3/c1-6-10-18(27)26-19-22(3)13-23(4,15-24(5,14-22)21(26)29)20(28)25(19)16(2)17-11-8-7-9-12-17/h6-12,16,19H,13-15H2,1-5H3/b10-6+/t16-,19-,22+,23+,24-/m0/s1. The molecular formula is C24H30N2O3. The molecule has 4 rings (SSSR count). The van der Waals surface area contributed by atoms with Gasteiger partial charge in [-0.1, -0.05) is 57.2 Å². The summed E-state index contributed by atoms with van der Waals surface area (Å²) < 4.78 is 0. The molecule has 0 N–H and O–H groups in total. The molecule has 2 heterocycles. The van der Waals surface area contributed by atoms with E-state index in [2.05, 4.69) is 6.92 Å². The Morgan fingerprint density at radius 2 is 1.62 bits per heavy atom. The van der Waals surface area contributed by atoms with Crippen LogP contribution < -0.4 is 0 Å². The van der Waals surface area contributed by atoms with E-state index in [0.29, 0.717) is 19.3 Å². The molecule has 3 amide bonds. The lowest BCUT2D eigenvalue weighted by molar-refractivity contribution is -0.223. The highest BCUT2D eigenvalue weighted by molar-refractivity contribution is 6.05. The zero-order valence-electron chi connectivity index (χ0n) is 17.9. The van der Waals surface area contributed by atoms with Gasteiger partial charge in [0.1, 0.15) is 6.17 Å². The van der Waals surface area contributed by atoms with Crippen molar-refractivity contribution < 1.29 is 14.4 Å². The highest BCUT2D eigenvalue weighted by Crippen LogP contribution is 2.65. The molecule has 5 atom stereocenters. The molecule has 3 fully saturated rings. The maximum Gasteiger partial charge on any atom is 0.254 e. The van der Waals surface area contributed by atoms with E-state index in [-0.39, 0.29) is 29.2 Å². The van der Waals surface area contributed by atoms with E-state index in [9.17, 15) is 14.4 Å². The number of likely N-dealkylation sites (tertiary alicyclic amines) is 2. The van der Waals surface area contributed by atoms with Gasteiger partial charge in [-0.2, -0.15) is 0 Å². The van der Waals surface area contributed by atoms with Crippen LogP contribution >= 0.6 is 0 Å². The normalized spacial score (nSPS) is 37.3. The smallest absolute Gasteiger partial charge is 0.254 e. The van der Waals surface area contributed by atoms with Crippen LogP contribution in [0.1, 0.15) is 65.5 Å². The molecular weight excluding hydrogens is 364 g/mol. The topological polar surface area (TPSA) is 57.7 Å². The highest BCUT2D eigenvalue weighted by Gasteiger charge is 2.70. The average molecular weight is 395 g/mol. The van der Waals surface area contributed by atoms with Crippen molar-refractivity contribution in [3.05, 3.63) is 48.0 Å². The summed E-state index contributed by atoms with van der Waals surface area (Å²) in [7, 11) is 0. The van der Waals surface area contributed by atoms with Crippen LogP contribution in [0.4, 0.5) is 0 Å². The number of nitrogens with zero attached hydrogens (tertiary/aromatic N) is 2. The van der Waals surface area contributed by atoms with Gasteiger partial charge in [-0.05, 0) is 44.7 Å². The van der Waals surface area contributed by atoms with Crippen molar-refractivity contribution in [1.82, 2.24) is 9.80 Å². The van der Waals surface area contributed by atoms with Crippen LogP contribution in [0.2, 0.25) is 0 Å². The van der Waals surface area contributed by atoms with Gasteiger partial charge in [-0.25, -0.2) is 0 Å². The molecule has 29 heavy (non-hydrogen) atoms. The number of piperidine rings is 2. The van der Waals surface area contributed by atoms with Gasteiger partial charge in [0.2, 0.25) is 11.8 Å². The molecule has 3 aliphatic rings. The summed E-state index contributed by atoms with van der Waals surface area (Å²) in [6.07, 6.45) is 4.41. The molecule has 2 aliphatic heterocycles. The molecule has 0 aromatic heterocycles. The largest absolute Gasteiger partial charge is 0.314 e. The molecule has 1 aromatic rings. The first-order chi connectivity index (χ1) is 13.6. The number of carbonyl (C=O) groups is 3. The van der Waals surface area contributed by atoms with Crippen LogP contribution in [-0.4, -0.2) is 33.7 Å². The van der Waals surface area contributed by atoms with Crippen LogP contribution in [0.15, 0.2) is 42.5 Å². The first-order valence-electron chi connectivity index (χ1n) is 10.4. The molecule has 1 saturated carbocycles. The number of benzene rings is 1. The monoisotopic (exact) mass is 394 g/mol. The van der Waals surface area contributed by atoms with Crippen molar-refractivity contribution in [3.63, 3.8) is 0 Å². The fourth-order valence-electron chi connectivity index (χ4n) is 6.64. The van der Waals surface area contributed by atoms with Gasteiger partial charge in [0.15, 0.2) is 0 Å². The number of imide groups is 1. The third kappa shape index (κ3) is 2.70. The van der Waals surface area contributed by atoms with E-state index in [1.165, 1.54) is 11.0 Å². The van der Waals surface area contributed by atoms with Crippen LogP contribution in [0.25, 0.3) is 0 Å². The molecule has 5 heteroatoms. The number of carbonyl (C=O) groups excluding carboxylic acids is 3. The van der Waals surface area contributed by atoms with E-state index in [1.54, 1.807) is 13.0 Å². The van der Waals surface area contributed by atoms with E-state index >= 15 is 0 Å². The molecule has 154 valence electrons. The lowest BCUT2D eigenvalue weighted by atomic mass is 9.48. The molecule has 2 saturated heterocycles. The second kappa shape index (κ2) is 6.28.